The zero-order chi connectivity index (χ0) is 17.5. The SMILES string of the molecule is CC(=Nc1cccc(C(F)(F)F)c1)C1=C(O)c2ccccc2C1=O. The molecular weight excluding hydrogens is 319 g/mol. The zero-order valence-corrected chi connectivity index (χ0v) is 12.6. The van der Waals surface area contributed by atoms with Crippen molar-refractivity contribution in [3.05, 3.63) is 70.8 Å². The van der Waals surface area contributed by atoms with Crippen molar-refractivity contribution < 1.29 is 23.1 Å². The lowest BCUT2D eigenvalue weighted by molar-refractivity contribution is -0.137. The maximum Gasteiger partial charge on any atom is 0.416 e. The Labute approximate surface area is 135 Å². The first kappa shape index (κ1) is 16.0. The number of fused-ring (bicyclic) bond motifs is 1. The molecule has 6 heteroatoms. The molecule has 3 nitrogen and oxygen atoms in total. The Kier molecular flexibility index (Phi) is 3.75. The third-order valence-electron chi connectivity index (χ3n) is 3.72. The number of carbonyl (C=O) groups is 1. The molecule has 3 rings (SSSR count). The van der Waals surface area contributed by atoms with E-state index in [1.807, 2.05) is 0 Å². The Morgan fingerprint density at radius 2 is 1.71 bits per heavy atom. The topological polar surface area (TPSA) is 49.7 Å². The Balaban J connectivity index is 2.02. The van der Waals surface area contributed by atoms with Gasteiger partial charge in [0.25, 0.3) is 0 Å². The summed E-state index contributed by atoms with van der Waals surface area (Å²) >= 11 is 0. The van der Waals surface area contributed by atoms with Crippen LogP contribution in [0.3, 0.4) is 0 Å². The first-order valence-electron chi connectivity index (χ1n) is 7.09. The second-order valence-electron chi connectivity index (χ2n) is 5.34. The van der Waals surface area contributed by atoms with Crippen LogP contribution in [-0.2, 0) is 6.18 Å². The fraction of sp³-hybridized carbons (Fsp3) is 0.111. The minimum atomic E-state index is -4.47. The van der Waals surface area contributed by atoms with Crippen LogP contribution in [0.4, 0.5) is 18.9 Å². The number of hydrogen-bond donors (Lipinski definition) is 1. The third-order valence-corrected chi connectivity index (χ3v) is 3.72. The number of ketones is 1. The molecule has 0 saturated heterocycles. The zero-order valence-electron chi connectivity index (χ0n) is 12.6. The van der Waals surface area contributed by atoms with Crippen LogP contribution in [0.15, 0.2) is 59.1 Å². The Bertz CT molecular complexity index is 895. The molecule has 0 atom stereocenters. The van der Waals surface area contributed by atoms with Crippen LogP contribution in [0.1, 0.15) is 28.4 Å². The second-order valence-corrected chi connectivity index (χ2v) is 5.34. The molecule has 0 heterocycles. The van der Waals surface area contributed by atoms with E-state index in [1.165, 1.54) is 19.1 Å². The maximum absolute atomic E-state index is 12.8. The predicted octanol–water partition coefficient (Wildman–Crippen LogP) is 4.96. The summed E-state index contributed by atoms with van der Waals surface area (Å²) in [6.45, 7) is 1.48. The van der Waals surface area contributed by atoms with Gasteiger partial charge in [-0.05, 0) is 25.1 Å². The van der Waals surface area contributed by atoms with E-state index in [9.17, 15) is 23.1 Å². The van der Waals surface area contributed by atoms with Gasteiger partial charge >= 0.3 is 6.18 Å². The molecule has 0 spiro atoms. The number of allylic oxidation sites excluding steroid dienone is 1. The largest absolute Gasteiger partial charge is 0.506 e. The van der Waals surface area contributed by atoms with Crippen molar-refractivity contribution in [3.8, 4) is 0 Å². The van der Waals surface area contributed by atoms with Crippen molar-refractivity contribution >= 4 is 22.9 Å². The predicted molar refractivity (Wildman–Crippen MR) is 84.5 cm³/mol. The minimum Gasteiger partial charge on any atom is -0.506 e. The summed E-state index contributed by atoms with van der Waals surface area (Å²) in [5, 5.41) is 10.2. The van der Waals surface area contributed by atoms with Crippen molar-refractivity contribution in [2.45, 2.75) is 13.1 Å². The molecule has 24 heavy (non-hydrogen) atoms. The van der Waals surface area contributed by atoms with Crippen LogP contribution in [-0.4, -0.2) is 16.6 Å². The molecule has 0 amide bonds. The molecule has 0 fully saturated rings. The number of hydrogen-bond acceptors (Lipinski definition) is 3. The number of benzene rings is 2. The van der Waals surface area contributed by atoms with Gasteiger partial charge in [0.2, 0.25) is 0 Å². The molecule has 0 saturated carbocycles. The highest BCUT2D eigenvalue weighted by molar-refractivity contribution is 6.35. The van der Waals surface area contributed by atoms with Gasteiger partial charge in [0, 0.05) is 11.1 Å². The third kappa shape index (κ3) is 2.71. The summed E-state index contributed by atoms with van der Waals surface area (Å²) in [5.41, 5.74) is 0.156. The van der Waals surface area contributed by atoms with Gasteiger partial charge in [0.15, 0.2) is 5.78 Å². The van der Waals surface area contributed by atoms with Gasteiger partial charge in [0.05, 0.1) is 22.5 Å². The van der Waals surface area contributed by atoms with Gasteiger partial charge in [-0.1, -0.05) is 30.3 Å². The van der Waals surface area contributed by atoms with Crippen LogP contribution in [0.2, 0.25) is 0 Å². The molecule has 0 aromatic heterocycles. The van der Waals surface area contributed by atoms with Gasteiger partial charge in [-0.15, -0.1) is 0 Å². The molecular formula is C18H12F3NO2. The molecule has 0 bridgehead atoms. The number of nitrogens with zero attached hydrogens (tertiary/aromatic N) is 1. The number of aliphatic hydroxyl groups excluding tert-OH is 1. The Hall–Kier alpha value is -2.89. The van der Waals surface area contributed by atoms with Crippen molar-refractivity contribution in [2.75, 3.05) is 0 Å². The molecule has 122 valence electrons. The Morgan fingerprint density at radius 1 is 1.04 bits per heavy atom. The lowest BCUT2D eigenvalue weighted by Crippen LogP contribution is -2.07. The van der Waals surface area contributed by atoms with E-state index in [1.54, 1.807) is 24.3 Å². The first-order chi connectivity index (χ1) is 11.3. The summed E-state index contributed by atoms with van der Waals surface area (Å²) < 4.78 is 38.3. The van der Waals surface area contributed by atoms with E-state index < -0.39 is 17.5 Å². The second kappa shape index (κ2) is 5.63. The van der Waals surface area contributed by atoms with Crippen molar-refractivity contribution in [2.24, 2.45) is 4.99 Å². The minimum absolute atomic E-state index is 0.00797. The van der Waals surface area contributed by atoms with E-state index in [4.69, 9.17) is 0 Å². The quantitative estimate of drug-likeness (QED) is 0.791. The normalized spacial score (nSPS) is 15.0. The van der Waals surface area contributed by atoms with Crippen molar-refractivity contribution in [1.82, 2.24) is 0 Å². The number of alkyl halides is 3. The van der Waals surface area contributed by atoms with Gasteiger partial charge in [-0.2, -0.15) is 13.2 Å². The average Bonchev–Trinajstić information content (AvgIpc) is 2.79. The molecule has 0 aliphatic heterocycles. The smallest absolute Gasteiger partial charge is 0.416 e. The molecule has 0 radical (unpaired) electrons. The fourth-order valence-corrected chi connectivity index (χ4v) is 2.60. The standard InChI is InChI=1S/C18H12F3NO2/c1-10(22-12-6-4-5-11(9-12)18(19,20)21)15-16(23)13-7-2-3-8-14(13)17(15)24/h2-9,23H,1H3. The average molecular weight is 331 g/mol. The van der Waals surface area contributed by atoms with Crippen molar-refractivity contribution in [1.29, 1.82) is 0 Å². The molecule has 1 N–H and O–H groups in total. The Morgan fingerprint density at radius 3 is 2.33 bits per heavy atom. The number of rotatable bonds is 2. The van der Waals surface area contributed by atoms with E-state index in [0.29, 0.717) is 11.1 Å². The maximum atomic E-state index is 12.8. The number of Topliss-reactive ketones (excluding diaryl/α,β-unsaturated/α-hetero) is 1. The fourth-order valence-electron chi connectivity index (χ4n) is 2.60. The van der Waals surface area contributed by atoms with E-state index in [2.05, 4.69) is 4.99 Å². The van der Waals surface area contributed by atoms with E-state index in [0.717, 1.165) is 12.1 Å². The summed E-state index contributed by atoms with van der Waals surface area (Å²) in [6.07, 6.45) is -4.47. The van der Waals surface area contributed by atoms with Crippen LogP contribution in [0, 0.1) is 0 Å². The summed E-state index contributed by atoms with van der Waals surface area (Å²) in [4.78, 5) is 16.5. The molecule has 1 aliphatic rings. The molecule has 2 aromatic rings. The van der Waals surface area contributed by atoms with Crippen LogP contribution < -0.4 is 0 Å². The summed E-state index contributed by atoms with van der Waals surface area (Å²) in [6, 6.07) is 11.0. The number of halogens is 3. The summed E-state index contributed by atoms with van der Waals surface area (Å²) in [5.74, 6) is -0.597. The van der Waals surface area contributed by atoms with Gasteiger partial charge in [0.1, 0.15) is 5.76 Å². The molecule has 2 aromatic carbocycles. The monoisotopic (exact) mass is 331 g/mol. The van der Waals surface area contributed by atoms with E-state index >= 15 is 0 Å². The number of aliphatic hydroxyl groups is 1. The lowest BCUT2D eigenvalue weighted by Gasteiger charge is -2.07. The summed E-state index contributed by atoms with van der Waals surface area (Å²) in [7, 11) is 0. The first-order valence-corrected chi connectivity index (χ1v) is 7.09. The highest BCUT2D eigenvalue weighted by Crippen LogP contribution is 2.34. The van der Waals surface area contributed by atoms with Gasteiger partial charge in [-0.3, -0.25) is 9.79 Å². The lowest BCUT2D eigenvalue weighted by atomic mass is 10.1. The van der Waals surface area contributed by atoms with E-state index in [-0.39, 0.29) is 22.7 Å². The number of aliphatic imine (C=N–C) groups is 1. The van der Waals surface area contributed by atoms with Crippen molar-refractivity contribution in [3.63, 3.8) is 0 Å². The highest BCUT2D eigenvalue weighted by atomic mass is 19.4. The molecule has 0 unspecified atom stereocenters. The van der Waals surface area contributed by atoms with Gasteiger partial charge < -0.3 is 5.11 Å². The van der Waals surface area contributed by atoms with Gasteiger partial charge in [-0.25, -0.2) is 0 Å². The van der Waals surface area contributed by atoms with Crippen LogP contribution >= 0.6 is 0 Å². The van der Waals surface area contributed by atoms with Crippen LogP contribution in [0.5, 0.6) is 0 Å². The number of carbonyl (C=O) groups excluding carboxylic acids is 1. The highest BCUT2D eigenvalue weighted by Gasteiger charge is 2.32. The van der Waals surface area contributed by atoms with Crippen LogP contribution in [0.25, 0.3) is 5.76 Å². The molecule has 1 aliphatic carbocycles.